The smallest absolute Gasteiger partial charge is 0.289 e. The highest BCUT2D eigenvalue weighted by molar-refractivity contribution is 8.16. The van der Waals surface area contributed by atoms with Crippen molar-refractivity contribution in [1.82, 2.24) is 14.8 Å². The van der Waals surface area contributed by atoms with Crippen molar-refractivity contribution in [2.45, 2.75) is 43.3 Å². The molecule has 1 saturated carbocycles. The minimum Gasteiger partial charge on any atom is -0.353 e. The van der Waals surface area contributed by atoms with Crippen LogP contribution in [0, 0.1) is 11.3 Å². The van der Waals surface area contributed by atoms with E-state index in [1.807, 2.05) is 6.07 Å². The Morgan fingerprint density at radius 2 is 1.80 bits per heavy atom. The topological polar surface area (TPSA) is 80.5 Å². The fourth-order valence-corrected chi connectivity index (χ4v) is 5.88. The Kier molecular flexibility index (Phi) is 7.61. The van der Waals surface area contributed by atoms with E-state index in [0.717, 1.165) is 77.1 Å². The van der Waals surface area contributed by atoms with Gasteiger partial charge in [-0.2, -0.15) is 5.26 Å². The lowest BCUT2D eigenvalue weighted by Crippen LogP contribution is -2.47. The van der Waals surface area contributed by atoms with E-state index < -0.39 is 4.75 Å². The molecule has 0 atom stereocenters. The summed E-state index contributed by atoms with van der Waals surface area (Å²) in [6, 6.07) is 5.82. The first-order chi connectivity index (χ1) is 14.1. The molecule has 0 aromatic carbocycles. The van der Waals surface area contributed by atoms with Gasteiger partial charge in [-0.3, -0.25) is 19.4 Å². The second-order valence-corrected chi connectivity index (χ2v) is 9.38. The average molecular weight is 450 g/mol. The zero-order valence-electron chi connectivity index (χ0n) is 17.1. The van der Waals surface area contributed by atoms with Crippen molar-refractivity contribution in [3.8, 4) is 6.07 Å². The van der Waals surface area contributed by atoms with Crippen LogP contribution in [-0.2, 0) is 4.79 Å². The quantitative estimate of drug-likeness (QED) is 0.616. The van der Waals surface area contributed by atoms with Crippen molar-refractivity contribution in [2.24, 2.45) is 0 Å². The SMILES string of the molecule is Cl.N#Cc1cccnc1N1CCN(CCCCN2C(=O)SC3(CCCC3)C2=O)CC1. The molecule has 4 rings (SSSR count). The van der Waals surface area contributed by atoms with Gasteiger partial charge in [0.15, 0.2) is 0 Å². The third kappa shape index (κ3) is 4.58. The maximum absolute atomic E-state index is 12.7. The zero-order chi connectivity index (χ0) is 20.3. The van der Waals surface area contributed by atoms with Crippen molar-refractivity contribution < 1.29 is 9.59 Å². The number of imide groups is 1. The van der Waals surface area contributed by atoms with E-state index in [4.69, 9.17) is 0 Å². The molecule has 9 heteroatoms. The van der Waals surface area contributed by atoms with E-state index in [1.54, 1.807) is 12.3 Å². The summed E-state index contributed by atoms with van der Waals surface area (Å²) in [6.07, 6.45) is 7.38. The molecule has 0 N–H and O–H groups in total. The second-order valence-electron chi connectivity index (χ2n) is 8.05. The highest BCUT2D eigenvalue weighted by Gasteiger charge is 2.53. The Morgan fingerprint density at radius 1 is 1.10 bits per heavy atom. The number of hydrogen-bond donors (Lipinski definition) is 0. The lowest BCUT2D eigenvalue weighted by molar-refractivity contribution is -0.129. The van der Waals surface area contributed by atoms with E-state index in [1.165, 1.54) is 16.7 Å². The number of unbranched alkanes of at least 4 members (excludes halogenated alkanes) is 1. The standard InChI is InChI=1S/C21H27N5O2S.ClH/c22-16-17-6-5-9-23-18(17)25-14-12-24(13-15-25)10-3-4-11-26-19(27)21(29-20(26)28)7-1-2-8-21;/h5-6,9H,1-4,7-8,10-15H2;1H. The zero-order valence-corrected chi connectivity index (χ0v) is 18.7. The third-order valence-corrected chi connectivity index (χ3v) is 7.60. The number of hydrogen-bond acceptors (Lipinski definition) is 7. The third-order valence-electron chi connectivity index (χ3n) is 6.23. The lowest BCUT2D eigenvalue weighted by Gasteiger charge is -2.35. The number of nitriles is 1. The van der Waals surface area contributed by atoms with Crippen LogP contribution in [0.2, 0.25) is 0 Å². The Morgan fingerprint density at radius 3 is 2.50 bits per heavy atom. The van der Waals surface area contributed by atoms with Crippen molar-refractivity contribution in [3.05, 3.63) is 23.9 Å². The molecule has 2 amide bonds. The van der Waals surface area contributed by atoms with Crippen LogP contribution in [-0.4, -0.2) is 69.9 Å². The number of aromatic nitrogens is 1. The monoisotopic (exact) mass is 449 g/mol. The van der Waals surface area contributed by atoms with Crippen molar-refractivity contribution >= 4 is 41.1 Å². The molecule has 1 aliphatic carbocycles. The molecule has 3 fully saturated rings. The predicted octanol–water partition coefficient (Wildman–Crippen LogP) is 3.29. The Balaban J connectivity index is 0.00000256. The fourth-order valence-electron chi connectivity index (χ4n) is 4.57. The normalized spacial score (nSPS) is 21.2. The summed E-state index contributed by atoms with van der Waals surface area (Å²) in [5.41, 5.74) is 0.624. The van der Waals surface area contributed by atoms with Gasteiger partial charge in [-0.1, -0.05) is 12.8 Å². The fraction of sp³-hybridized carbons (Fsp3) is 0.619. The van der Waals surface area contributed by atoms with Gasteiger partial charge in [0.1, 0.15) is 16.6 Å². The van der Waals surface area contributed by atoms with Crippen LogP contribution < -0.4 is 4.90 Å². The van der Waals surface area contributed by atoms with Gasteiger partial charge < -0.3 is 4.90 Å². The maximum Gasteiger partial charge on any atom is 0.289 e. The van der Waals surface area contributed by atoms with Crippen LogP contribution in [0.3, 0.4) is 0 Å². The number of piperazine rings is 1. The van der Waals surface area contributed by atoms with Gasteiger partial charge in [0.25, 0.3) is 5.24 Å². The van der Waals surface area contributed by atoms with Crippen LogP contribution in [0.15, 0.2) is 18.3 Å². The van der Waals surface area contributed by atoms with E-state index >= 15 is 0 Å². The summed E-state index contributed by atoms with van der Waals surface area (Å²) in [7, 11) is 0. The predicted molar refractivity (Wildman–Crippen MR) is 120 cm³/mol. The van der Waals surface area contributed by atoms with Crippen LogP contribution >= 0.6 is 24.2 Å². The van der Waals surface area contributed by atoms with E-state index in [9.17, 15) is 14.9 Å². The minimum absolute atomic E-state index is 0. The highest BCUT2D eigenvalue weighted by Crippen LogP contribution is 2.48. The molecule has 1 aromatic heterocycles. The Bertz CT molecular complexity index is 816. The molecule has 30 heavy (non-hydrogen) atoms. The number of pyridine rings is 1. The van der Waals surface area contributed by atoms with Gasteiger partial charge in [-0.05, 0) is 56.1 Å². The minimum atomic E-state index is -0.429. The van der Waals surface area contributed by atoms with Crippen molar-refractivity contribution in [3.63, 3.8) is 0 Å². The van der Waals surface area contributed by atoms with Gasteiger partial charge in [0.05, 0.1) is 5.56 Å². The van der Waals surface area contributed by atoms with Gasteiger partial charge >= 0.3 is 0 Å². The maximum atomic E-state index is 12.7. The molecule has 1 aromatic rings. The molecule has 0 bridgehead atoms. The van der Waals surface area contributed by atoms with Crippen LogP contribution in [0.5, 0.6) is 0 Å². The average Bonchev–Trinajstić information content (AvgIpc) is 3.31. The Hall–Kier alpha value is -1.82. The van der Waals surface area contributed by atoms with Gasteiger partial charge in [-0.25, -0.2) is 4.98 Å². The number of rotatable bonds is 6. The number of anilines is 1. The Labute approximate surface area is 188 Å². The van der Waals surface area contributed by atoms with Crippen LogP contribution in [0.1, 0.15) is 44.1 Å². The molecule has 7 nitrogen and oxygen atoms in total. The van der Waals surface area contributed by atoms with Crippen molar-refractivity contribution in [2.75, 3.05) is 44.2 Å². The van der Waals surface area contributed by atoms with E-state index in [2.05, 4.69) is 20.9 Å². The number of carbonyl (C=O) groups is 2. The number of nitrogens with zero attached hydrogens (tertiary/aromatic N) is 5. The molecule has 2 aliphatic heterocycles. The first-order valence-corrected chi connectivity index (χ1v) is 11.3. The molecule has 2 saturated heterocycles. The lowest BCUT2D eigenvalue weighted by atomic mass is 10.1. The highest BCUT2D eigenvalue weighted by atomic mass is 35.5. The summed E-state index contributed by atoms with van der Waals surface area (Å²) >= 11 is 1.27. The summed E-state index contributed by atoms with van der Waals surface area (Å²) in [5.74, 6) is 0.835. The molecule has 0 radical (unpaired) electrons. The largest absolute Gasteiger partial charge is 0.353 e. The molecule has 162 valence electrons. The van der Waals surface area contributed by atoms with E-state index in [-0.39, 0.29) is 23.6 Å². The summed E-state index contributed by atoms with van der Waals surface area (Å²) < 4.78 is -0.429. The van der Waals surface area contributed by atoms with Gasteiger partial charge in [-0.15, -0.1) is 12.4 Å². The first kappa shape index (κ1) is 22.9. The summed E-state index contributed by atoms with van der Waals surface area (Å²) in [6.45, 7) is 5.09. The second kappa shape index (κ2) is 9.99. The summed E-state index contributed by atoms with van der Waals surface area (Å²) in [5, 5.41) is 9.21. The first-order valence-electron chi connectivity index (χ1n) is 10.5. The number of thioether (sulfide) groups is 1. The van der Waals surface area contributed by atoms with E-state index in [0.29, 0.717) is 12.1 Å². The molecule has 1 spiro atoms. The van der Waals surface area contributed by atoms with Crippen LogP contribution in [0.4, 0.5) is 10.6 Å². The molecule has 3 aliphatic rings. The molecule has 3 heterocycles. The molecular weight excluding hydrogens is 422 g/mol. The molecule has 0 unspecified atom stereocenters. The van der Waals surface area contributed by atoms with Crippen LogP contribution in [0.25, 0.3) is 0 Å². The number of amides is 2. The number of carbonyl (C=O) groups excluding carboxylic acids is 2. The molecular formula is C21H28ClN5O2S. The number of halogens is 1. The van der Waals surface area contributed by atoms with Crippen molar-refractivity contribution in [1.29, 1.82) is 5.26 Å². The van der Waals surface area contributed by atoms with Gasteiger partial charge in [0.2, 0.25) is 5.91 Å². The summed E-state index contributed by atoms with van der Waals surface area (Å²) in [4.78, 5) is 35.4. The van der Waals surface area contributed by atoms with Gasteiger partial charge in [0, 0.05) is 38.9 Å².